The van der Waals surface area contributed by atoms with Crippen LogP contribution in [0.3, 0.4) is 0 Å². The van der Waals surface area contributed by atoms with Crippen molar-refractivity contribution in [3.63, 3.8) is 0 Å². The zero-order chi connectivity index (χ0) is 10.6. The Morgan fingerprint density at radius 1 is 1.57 bits per heavy atom. The average molecular weight is 200 g/mol. The maximum atomic E-state index is 12.2. The van der Waals surface area contributed by atoms with Crippen LogP contribution in [-0.4, -0.2) is 24.4 Å². The zero-order valence-electron chi connectivity index (χ0n) is 7.63. The second-order valence-corrected chi connectivity index (χ2v) is 2.76. The summed E-state index contributed by atoms with van der Waals surface area (Å²) in [7, 11) is 1.61. The normalized spacial score (nSPS) is 10.6. The number of nitrogens with zero attached hydrogens (tertiary/aromatic N) is 1. The van der Waals surface area contributed by atoms with E-state index in [1.807, 2.05) is 0 Å². The summed E-state index contributed by atoms with van der Waals surface area (Å²) in [5.41, 5.74) is -0.0240. The molecule has 0 aliphatic rings. The molecule has 0 aromatic carbocycles. The molecule has 0 radical (unpaired) electrons. The van der Waals surface area contributed by atoms with Crippen LogP contribution in [0.15, 0.2) is 18.5 Å². The highest BCUT2D eigenvalue weighted by Crippen LogP contribution is 2.18. The van der Waals surface area contributed by atoms with Crippen LogP contribution < -0.4 is 5.32 Å². The Balaban J connectivity index is 2.88. The third-order valence-electron chi connectivity index (χ3n) is 1.67. The van der Waals surface area contributed by atoms with Crippen molar-refractivity contribution in [3.8, 4) is 0 Å². The number of nitrogens with one attached hydrogen (secondary N) is 1. The van der Waals surface area contributed by atoms with Gasteiger partial charge in [0.05, 0.1) is 6.54 Å². The van der Waals surface area contributed by atoms with Crippen LogP contribution in [-0.2, 0) is 0 Å². The van der Waals surface area contributed by atoms with Crippen LogP contribution in [0, 0.1) is 0 Å². The van der Waals surface area contributed by atoms with Gasteiger partial charge < -0.3 is 5.32 Å². The quantitative estimate of drug-likeness (QED) is 0.747. The van der Waals surface area contributed by atoms with Crippen LogP contribution in [0.5, 0.6) is 0 Å². The van der Waals surface area contributed by atoms with Crippen LogP contribution in [0.1, 0.15) is 22.3 Å². The van der Waals surface area contributed by atoms with Gasteiger partial charge in [0, 0.05) is 23.5 Å². The Bertz CT molecular complexity index is 328. The molecule has 0 saturated carbocycles. The largest absolute Gasteiger partial charge is 0.313 e. The molecular formula is C9H10F2N2O. The van der Waals surface area contributed by atoms with Gasteiger partial charge in [0.15, 0.2) is 5.78 Å². The topological polar surface area (TPSA) is 42.0 Å². The number of alkyl halides is 2. The summed E-state index contributed by atoms with van der Waals surface area (Å²) in [6.45, 7) is 0.119. The SMILES string of the molecule is CNCC(=O)c1cncc(C(F)F)c1. The number of pyridine rings is 1. The molecule has 0 aliphatic heterocycles. The van der Waals surface area contributed by atoms with E-state index in [1.54, 1.807) is 7.05 Å². The predicted molar refractivity (Wildman–Crippen MR) is 47.5 cm³/mol. The molecule has 1 aromatic heterocycles. The van der Waals surface area contributed by atoms with Crippen LogP contribution in [0.25, 0.3) is 0 Å². The van der Waals surface area contributed by atoms with Gasteiger partial charge in [-0.05, 0) is 13.1 Å². The number of carbonyl (C=O) groups is 1. The lowest BCUT2D eigenvalue weighted by Crippen LogP contribution is -2.18. The lowest BCUT2D eigenvalue weighted by Gasteiger charge is -2.02. The van der Waals surface area contributed by atoms with Crippen LogP contribution in [0.4, 0.5) is 8.78 Å². The van der Waals surface area contributed by atoms with Crippen molar-refractivity contribution in [1.82, 2.24) is 10.3 Å². The van der Waals surface area contributed by atoms with E-state index in [2.05, 4.69) is 10.3 Å². The lowest BCUT2D eigenvalue weighted by atomic mass is 10.1. The fourth-order valence-electron chi connectivity index (χ4n) is 0.992. The van der Waals surface area contributed by atoms with Crippen molar-refractivity contribution >= 4 is 5.78 Å². The van der Waals surface area contributed by atoms with Gasteiger partial charge >= 0.3 is 0 Å². The maximum absolute atomic E-state index is 12.2. The van der Waals surface area contributed by atoms with E-state index in [4.69, 9.17) is 0 Å². The molecule has 3 nitrogen and oxygen atoms in total. The Hall–Kier alpha value is -1.36. The Kier molecular flexibility index (Phi) is 3.64. The number of rotatable bonds is 4. The van der Waals surface area contributed by atoms with E-state index in [9.17, 15) is 13.6 Å². The van der Waals surface area contributed by atoms with Crippen molar-refractivity contribution < 1.29 is 13.6 Å². The zero-order valence-corrected chi connectivity index (χ0v) is 7.63. The summed E-state index contributed by atoms with van der Waals surface area (Å²) in [6, 6.07) is 1.16. The van der Waals surface area contributed by atoms with Gasteiger partial charge in [-0.2, -0.15) is 0 Å². The summed E-state index contributed by atoms with van der Waals surface area (Å²) in [5, 5.41) is 2.65. The average Bonchev–Trinajstić information content (AvgIpc) is 2.18. The number of halogens is 2. The fourth-order valence-corrected chi connectivity index (χ4v) is 0.992. The van der Waals surface area contributed by atoms with Crippen molar-refractivity contribution in [1.29, 1.82) is 0 Å². The van der Waals surface area contributed by atoms with Gasteiger partial charge in [-0.1, -0.05) is 0 Å². The summed E-state index contributed by atoms with van der Waals surface area (Å²) in [6.07, 6.45) is -0.253. The summed E-state index contributed by atoms with van der Waals surface area (Å²) in [5.74, 6) is -0.248. The molecule has 0 aliphatic carbocycles. The van der Waals surface area contributed by atoms with Gasteiger partial charge in [-0.25, -0.2) is 8.78 Å². The fraction of sp³-hybridized carbons (Fsp3) is 0.333. The number of hydrogen-bond donors (Lipinski definition) is 1. The molecule has 0 unspecified atom stereocenters. The number of Topliss-reactive ketones (excluding diaryl/α,β-unsaturated/α-hetero) is 1. The molecule has 1 N–H and O–H groups in total. The van der Waals surface area contributed by atoms with Crippen molar-refractivity contribution in [2.75, 3.05) is 13.6 Å². The molecule has 5 heteroatoms. The second kappa shape index (κ2) is 4.76. The standard InChI is InChI=1S/C9H10F2N2O/c1-12-5-8(14)6-2-7(9(10)11)4-13-3-6/h2-4,9,12H,5H2,1H3. The molecule has 0 fully saturated rings. The first-order valence-electron chi connectivity index (χ1n) is 4.06. The van der Waals surface area contributed by atoms with Gasteiger partial charge in [-0.3, -0.25) is 9.78 Å². The van der Waals surface area contributed by atoms with Gasteiger partial charge in [0.25, 0.3) is 6.43 Å². The first-order valence-corrected chi connectivity index (χ1v) is 4.06. The third kappa shape index (κ3) is 2.56. The van der Waals surface area contributed by atoms with Crippen LogP contribution >= 0.6 is 0 Å². The summed E-state index contributed by atoms with van der Waals surface area (Å²) in [4.78, 5) is 14.9. The Morgan fingerprint density at radius 3 is 2.86 bits per heavy atom. The molecule has 1 rings (SSSR count). The first-order chi connectivity index (χ1) is 6.65. The number of hydrogen-bond acceptors (Lipinski definition) is 3. The van der Waals surface area contributed by atoms with E-state index in [0.29, 0.717) is 0 Å². The highest BCUT2D eigenvalue weighted by Gasteiger charge is 2.11. The highest BCUT2D eigenvalue weighted by atomic mass is 19.3. The summed E-state index contributed by atoms with van der Waals surface area (Å²) < 4.78 is 24.5. The molecule has 1 aromatic rings. The van der Waals surface area contributed by atoms with Crippen LogP contribution in [0.2, 0.25) is 0 Å². The van der Waals surface area contributed by atoms with E-state index in [1.165, 1.54) is 6.20 Å². The molecule has 14 heavy (non-hydrogen) atoms. The molecule has 0 atom stereocenters. The van der Waals surface area contributed by atoms with Crippen molar-refractivity contribution in [3.05, 3.63) is 29.6 Å². The second-order valence-electron chi connectivity index (χ2n) is 2.76. The molecule has 0 saturated heterocycles. The Labute approximate surface area is 80.2 Å². The van der Waals surface area contributed by atoms with Crippen molar-refractivity contribution in [2.24, 2.45) is 0 Å². The lowest BCUT2D eigenvalue weighted by molar-refractivity contribution is 0.0992. The molecule has 1 heterocycles. The van der Waals surface area contributed by atoms with E-state index >= 15 is 0 Å². The number of aromatic nitrogens is 1. The molecule has 0 spiro atoms. The number of likely N-dealkylation sites (N-methyl/N-ethyl adjacent to an activating group) is 1. The van der Waals surface area contributed by atoms with E-state index in [-0.39, 0.29) is 23.5 Å². The molecular weight excluding hydrogens is 190 g/mol. The minimum absolute atomic E-state index is 0.119. The monoisotopic (exact) mass is 200 g/mol. The summed E-state index contributed by atoms with van der Waals surface area (Å²) >= 11 is 0. The molecule has 76 valence electrons. The highest BCUT2D eigenvalue weighted by molar-refractivity contribution is 5.97. The van der Waals surface area contributed by atoms with Gasteiger partial charge in [-0.15, -0.1) is 0 Å². The first kappa shape index (κ1) is 10.7. The van der Waals surface area contributed by atoms with Crippen molar-refractivity contribution in [2.45, 2.75) is 6.43 Å². The smallest absolute Gasteiger partial charge is 0.265 e. The van der Waals surface area contributed by atoms with E-state index < -0.39 is 6.43 Å². The molecule has 0 bridgehead atoms. The number of carbonyl (C=O) groups excluding carboxylic acids is 1. The van der Waals surface area contributed by atoms with E-state index in [0.717, 1.165) is 12.3 Å². The third-order valence-corrected chi connectivity index (χ3v) is 1.67. The maximum Gasteiger partial charge on any atom is 0.265 e. The minimum Gasteiger partial charge on any atom is -0.313 e. The van der Waals surface area contributed by atoms with Gasteiger partial charge in [0.1, 0.15) is 0 Å². The minimum atomic E-state index is -2.59. The Morgan fingerprint density at radius 2 is 2.29 bits per heavy atom. The number of ketones is 1. The molecule has 0 amide bonds. The van der Waals surface area contributed by atoms with Gasteiger partial charge in [0.2, 0.25) is 0 Å². The predicted octanol–water partition coefficient (Wildman–Crippen LogP) is 1.42.